The number of anilines is 1. The van der Waals surface area contributed by atoms with Crippen LogP contribution in [-0.2, 0) is 9.59 Å². The highest BCUT2D eigenvalue weighted by Gasteiger charge is 2.44. The largest absolute Gasteiger partial charge is 0.322 e. The van der Waals surface area contributed by atoms with E-state index in [9.17, 15) is 14.4 Å². The molecule has 3 rings (SSSR count). The number of hydrogen-bond donors (Lipinski definition) is 0. The Balaban J connectivity index is 1.91. The molecule has 5 nitrogen and oxygen atoms in total. The predicted octanol–water partition coefficient (Wildman–Crippen LogP) is 2.96. The van der Waals surface area contributed by atoms with E-state index in [2.05, 4.69) is 6.58 Å². The second kappa shape index (κ2) is 7.35. The van der Waals surface area contributed by atoms with Crippen LogP contribution in [-0.4, -0.2) is 35.2 Å². The smallest absolute Gasteiger partial charge is 0.257 e. The van der Waals surface area contributed by atoms with Gasteiger partial charge < -0.3 is 4.90 Å². The van der Waals surface area contributed by atoms with Crippen molar-refractivity contribution >= 4 is 23.4 Å². The summed E-state index contributed by atoms with van der Waals surface area (Å²) in [6, 6.07) is 15.1. The standard InChI is InChI=1S/C21H20N2O3/c1-3-12-22(20(25)16-9-7-8-15(2)13-16)18-14-19(24)23(21(18)26)17-10-5-4-6-11-17/h3-11,13,18H,1,12,14H2,2H3. The van der Waals surface area contributed by atoms with E-state index in [1.807, 2.05) is 19.1 Å². The molecule has 1 atom stereocenters. The first kappa shape index (κ1) is 17.6. The first-order chi connectivity index (χ1) is 12.5. The maximum absolute atomic E-state index is 13.0. The minimum Gasteiger partial charge on any atom is -0.322 e. The molecule has 1 saturated heterocycles. The minimum atomic E-state index is -0.825. The molecule has 26 heavy (non-hydrogen) atoms. The van der Waals surface area contributed by atoms with Crippen LogP contribution in [0.2, 0.25) is 0 Å². The maximum Gasteiger partial charge on any atom is 0.257 e. The summed E-state index contributed by atoms with van der Waals surface area (Å²) in [4.78, 5) is 40.9. The lowest BCUT2D eigenvalue weighted by Crippen LogP contribution is -2.45. The summed E-state index contributed by atoms with van der Waals surface area (Å²) >= 11 is 0. The summed E-state index contributed by atoms with van der Waals surface area (Å²) in [5.74, 6) is -0.976. The molecule has 2 aromatic rings. The van der Waals surface area contributed by atoms with Crippen molar-refractivity contribution in [3.8, 4) is 0 Å². The van der Waals surface area contributed by atoms with Gasteiger partial charge in [0.2, 0.25) is 5.91 Å². The summed E-state index contributed by atoms with van der Waals surface area (Å²) < 4.78 is 0. The highest BCUT2D eigenvalue weighted by Crippen LogP contribution is 2.26. The van der Waals surface area contributed by atoms with Crippen molar-refractivity contribution in [2.45, 2.75) is 19.4 Å². The first-order valence-electron chi connectivity index (χ1n) is 8.43. The van der Waals surface area contributed by atoms with Crippen LogP contribution in [0, 0.1) is 6.92 Å². The van der Waals surface area contributed by atoms with Gasteiger partial charge in [0.05, 0.1) is 12.1 Å². The van der Waals surface area contributed by atoms with Crippen molar-refractivity contribution in [2.75, 3.05) is 11.4 Å². The Morgan fingerprint density at radius 1 is 1.19 bits per heavy atom. The molecule has 1 aliphatic rings. The van der Waals surface area contributed by atoms with Gasteiger partial charge in [-0.2, -0.15) is 0 Å². The number of amides is 3. The average Bonchev–Trinajstić information content (AvgIpc) is 2.94. The third kappa shape index (κ3) is 3.28. The number of imide groups is 1. The van der Waals surface area contributed by atoms with Crippen LogP contribution < -0.4 is 4.90 Å². The molecule has 3 amide bonds. The molecule has 1 aliphatic heterocycles. The quantitative estimate of drug-likeness (QED) is 0.617. The normalized spacial score (nSPS) is 16.7. The van der Waals surface area contributed by atoms with Gasteiger partial charge in [-0.25, -0.2) is 4.90 Å². The zero-order valence-corrected chi connectivity index (χ0v) is 14.6. The van der Waals surface area contributed by atoms with Crippen molar-refractivity contribution in [1.82, 2.24) is 4.90 Å². The third-order valence-electron chi connectivity index (χ3n) is 4.37. The summed E-state index contributed by atoms with van der Waals surface area (Å²) in [7, 11) is 0. The van der Waals surface area contributed by atoms with Gasteiger partial charge in [-0.1, -0.05) is 42.0 Å². The molecule has 1 fully saturated rings. The van der Waals surface area contributed by atoms with Crippen LogP contribution in [0.15, 0.2) is 67.3 Å². The Morgan fingerprint density at radius 2 is 1.92 bits per heavy atom. The fourth-order valence-corrected chi connectivity index (χ4v) is 3.14. The highest BCUT2D eigenvalue weighted by atomic mass is 16.2. The Bertz CT molecular complexity index is 861. The number of rotatable bonds is 5. The van der Waals surface area contributed by atoms with Crippen LogP contribution in [0.3, 0.4) is 0 Å². The van der Waals surface area contributed by atoms with Crippen molar-refractivity contribution in [3.05, 3.63) is 78.4 Å². The Labute approximate surface area is 152 Å². The lowest BCUT2D eigenvalue weighted by Gasteiger charge is -2.26. The Morgan fingerprint density at radius 3 is 2.58 bits per heavy atom. The van der Waals surface area contributed by atoms with E-state index in [0.29, 0.717) is 11.3 Å². The molecular weight excluding hydrogens is 328 g/mol. The van der Waals surface area contributed by atoms with Gasteiger partial charge in [-0.15, -0.1) is 6.58 Å². The molecule has 0 aliphatic carbocycles. The molecule has 0 saturated carbocycles. The lowest BCUT2D eigenvalue weighted by atomic mass is 10.1. The molecule has 0 spiro atoms. The summed E-state index contributed by atoms with van der Waals surface area (Å²) in [6.07, 6.45) is 1.54. The minimum absolute atomic E-state index is 0.0286. The predicted molar refractivity (Wildman–Crippen MR) is 99.8 cm³/mol. The highest BCUT2D eigenvalue weighted by molar-refractivity contribution is 6.23. The number of nitrogens with zero attached hydrogens (tertiary/aromatic N) is 2. The van der Waals surface area contributed by atoms with Gasteiger partial charge in [-0.05, 0) is 31.2 Å². The van der Waals surface area contributed by atoms with Crippen molar-refractivity contribution in [3.63, 3.8) is 0 Å². The maximum atomic E-state index is 13.0. The van der Waals surface area contributed by atoms with Crippen LogP contribution >= 0.6 is 0 Å². The summed E-state index contributed by atoms with van der Waals surface area (Å²) in [6.45, 7) is 5.78. The average molecular weight is 348 g/mol. The number of benzene rings is 2. The molecule has 2 aromatic carbocycles. The number of hydrogen-bond acceptors (Lipinski definition) is 3. The third-order valence-corrected chi connectivity index (χ3v) is 4.37. The van der Waals surface area contributed by atoms with Gasteiger partial charge in [0.1, 0.15) is 6.04 Å². The van der Waals surface area contributed by atoms with E-state index in [1.54, 1.807) is 48.5 Å². The Hall–Kier alpha value is -3.21. The molecule has 0 N–H and O–H groups in total. The fourth-order valence-electron chi connectivity index (χ4n) is 3.14. The van der Waals surface area contributed by atoms with Gasteiger partial charge in [0.15, 0.2) is 0 Å². The second-order valence-electron chi connectivity index (χ2n) is 6.24. The molecule has 5 heteroatoms. The van der Waals surface area contributed by atoms with Gasteiger partial charge in [0, 0.05) is 12.1 Å². The van der Waals surface area contributed by atoms with E-state index >= 15 is 0 Å². The van der Waals surface area contributed by atoms with Crippen molar-refractivity contribution < 1.29 is 14.4 Å². The zero-order chi connectivity index (χ0) is 18.7. The van der Waals surface area contributed by atoms with Crippen molar-refractivity contribution in [2.24, 2.45) is 0 Å². The summed E-state index contributed by atoms with van der Waals surface area (Å²) in [5.41, 5.74) is 1.96. The van der Waals surface area contributed by atoms with Crippen LogP contribution in [0.1, 0.15) is 22.3 Å². The van der Waals surface area contributed by atoms with Crippen molar-refractivity contribution in [1.29, 1.82) is 0 Å². The van der Waals surface area contributed by atoms with E-state index in [0.717, 1.165) is 10.5 Å². The first-order valence-corrected chi connectivity index (χ1v) is 8.43. The molecule has 1 heterocycles. The Kier molecular flexibility index (Phi) is 4.98. The van der Waals surface area contributed by atoms with Crippen LogP contribution in [0.25, 0.3) is 0 Å². The SMILES string of the molecule is C=CCN(C(=O)c1cccc(C)c1)C1CC(=O)N(c2ccccc2)C1=O. The topological polar surface area (TPSA) is 57.7 Å². The van der Waals surface area contributed by atoms with Gasteiger partial charge in [-0.3, -0.25) is 14.4 Å². The van der Waals surface area contributed by atoms with Gasteiger partial charge >= 0.3 is 0 Å². The van der Waals surface area contributed by atoms with Gasteiger partial charge in [0.25, 0.3) is 11.8 Å². The van der Waals surface area contributed by atoms with E-state index in [1.165, 1.54) is 4.90 Å². The van der Waals surface area contributed by atoms with E-state index in [-0.39, 0.29) is 30.7 Å². The second-order valence-corrected chi connectivity index (χ2v) is 6.24. The molecule has 132 valence electrons. The molecule has 0 radical (unpaired) electrons. The van der Waals surface area contributed by atoms with Crippen LogP contribution in [0.5, 0.6) is 0 Å². The molecule has 0 aromatic heterocycles. The monoisotopic (exact) mass is 348 g/mol. The molecule has 0 bridgehead atoms. The molecular formula is C21H20N2O3. The molecule has 1 unspecified atom stereocenters. The van der Waals surface area contributed by atoms with E-state index in [4.69, 9.17) is 0 Å². The lowest BCUT2D eigenvalue weighted by molar-refractivity contribution is -0.122. The van der Waals surface area contributed by atoms with E-state index < -0.39 is 6.04 Å². The summed E-state index contributed by atoms with van der Waals surface area (Å²) in [5, 5.41) is 0. The number of carbonyl (C=O) groups is 3. The number of para-hydroxylation sites is 1. The number of carbonyl (C=O) groups excluding carboxylic acids is 3. The number of aryl methyl sites for hydroxylation is 1. The fraction of sp³-hybridized carbons (Fsp3) is 0.190. The van der Waals surface area contributed by atoms with Crippen LogP contribution in [0.4, 0.5) is 5.69 Å². The zero-order valence-electron chi connectivity index (χ0n) is 14.6.